The number of nitrogens with zero attached hydrogens (tertiary/aromatic N) is 3. The molecule has 0 spiro atoms. The Bertz CT molecular complexity index is 454. The Kier molecular flexibility index (Phi) is 3.31. The van der Waals surface area contributed by atoms with Crippen LogP contribution in [0, 0.1) is 6.92 Å². The fourth-order valence-corrected chi connectivity index (χ4v) is 1.94. The van der Waals surface area contributed by atoms with Crippen LogP contribution in [0.3, 0.4) is 0 Å². The molecular weight excluding hydrogens is 222 g/mol. The van der Waals surface area contributed by atoms with Crippen LogP contribution in [-0.2, 0) is 6.54 Å². The van der Waals surface area contributed by atoms with E-state index in [1.807, 2.05) is 24.9 Å². The molecule has 2 aromatic heterocycles. The van der Waals surface area contributed by atoms with Gasteiger partial charge < -0.3 is 10.6 Å². The monoisotopic (exact) mass is 235 g/mol. The van der Waals surface area contributed by atoms with E-state index in [1.54, 1.807) is 17.7 Å². The van der Waals surface area contributed by atoms with Gasteiger partial charge in [0.05, 0.1) is 17.7 Å². The zero-order chi connectivity index (χ0) is 11.4. The molecule has 0 bridgehead atoms. The maximum atomic E-state index is 4.20. The van der Waals surface area contributed by atoms with Crippen LogP contribution >= 0.6 is 11.3 Å². The highest BCUT2D eigenvalue weighted by molar-refractivity contribution is 7.07. The molecule has 0 amide bonds. The number of anilines is 2. The van der Waals surface area contributed by atoms with Crippen molar-refractivity contribution in [2.45, 2.75) is 13.5 Å². The highest BCUT2D eigenvalue weighted by Crippen LogP contribution is 2.18. The summed E-state index contributed by atoms with van der Waals surface area (Å²) in [5, 5.41) is 8.28. The minimum Gasteiger partial charge on any atom is -0.373 e. The Morgan fingerprint density at radius 2 is 2.06 bits per heavy atom. The van der Waals surface area contributed by atoms with E-state index in [9.17, 15) is 0 Å². The lowest BCUT2D eigenvalue weighted by atomic mass is 10.3. The van der Waals surface area contributed by atoms with E-state index in [-0.39, 0.29) is 0 Å². The summed E-state index contributed by atoms with van der Waals surface area (Å²) in [7, 11) is 1.85. The molecule has 2 N–H and O–H groups in total. The summed E-state index contributed by atoms with van der Waals surface area (Å²) in [6.45, 7) is 2.67. The minimum atomic E-state index is 0.685. The third-order valence-corrected chi connectivity index (χ3v) is 2.88. The molecule has 2 rings (SSSR count). The number of hydrogen-bond acceptors (Lipinski definition) is 6. The van der Waals surface area contributed by atoms with E-state index < -0.39 is 0 Å². The zero-order valence-electron chi connectivity index (χ0n) is 9.19. The maximum Gasteiger partial charge on any atom is 0.134 e. The molecule has 84 valence electrons. The number of hydrogen-bond donors (Lipinski definition) is 2. The SMILES string of the molecule is CNc1ncnc(NCc2cscn2)c1C. The van der Waals surface area contributed by atoms with Gasteiger partial charge >= 0.3 is 0 Å². The summed E-state index contributed by atoms with van der Waals surface area (Å²) in [5.41, 5.74) is 3.86. The lowest BCUT2D eigenvalue weighted by Crippen LogP contribution is -2.06. The van der Waals surface area contributed by atoms with E-state index in [4.69, 9.17) is 0 Å². The molecule has 2 heterocycles. The molecule has 2 aromatic rings. The predicted molar refractivity (Wildman–Crippen MR) is 65.8 cm³/mol. The fraction of sp³-hybridized carbons (Fsp3) is 0.300. The first-order valence-electron chi connectivity index (χ1n) is 4.91. The largest absolute Gasteiger partial charge is 0.373 e. The third-order valence-electron chi connectivity index (χ3n) is 2.24. The Hall–Kier alpha value is -1.69. The molecule has 5 nitrogen and oxygen atoms in total. The Morgan fingerprint density at radius 1 is 1.25 bits per heavy atom. The van der Waals surface area contributed by atoms with Gasteiger partial charge in [0.2, 0.25) is 0 Å². The second kappa shape index (κ2) is 4.89. The topological polar surface area (TPSA) is 62.7 Å². The average Bonchev–Trinajstić information content (AvgIpc) is 2.81. The van der Waals surface area contributed by atoms with Crippen LogP contribution in [0.25, 0.3) is 0 Å². The summed E-state index contributed by atoms with van der Waals surface area (Å²) < 4.78 is 0. The summed E-state index contributed by atoms with van der Waals surface area (Å²) in [6, 6.07) is 0. The van der Waals surface area contributed by atoms with Crippen molar-refractivity contribution in [1.29, 1.82) is 0 Å². The molecule has 16 heavy (non-hydrogen) atoms. The van der Waals surface area contributed by atoms with E-state index in [2.05, 4.69) is 25.6 Å². The molecule has 0 atom stereocenters. The van der Waals surface area contributed by atoms with Gasteiger partial charge in [0, 0.05) is 18.0 Å². The Balaban J connectivity index is 2.09. The summed E-state index contributed by atoms with van der Waals surface area (Å²) in [6.07, 6.45) is 1.54. The molecule has 0 saturated heterocycles. The number of aromatic nitrogens is 3. The number of thiazole rings is 1. The second-order valence-electron chi connectivity index (χ2n) is 3.28. The zero-order valence-corrected chi connectivity index (χ0v) is 10.0. The standard InChI is InChI=1S/C10H13N5S/c1-7-9(11-2)13-5-14-10(7)12-3-8-4-16-6-15-8/h4-6H,3H2,1-2H3,(H2,11,12,13,14). The van der Waals surface area contributed by atoms with Gasteiger partial charge in [-0.05, 0) is 6.92 Å². The molecule has 0 saturated carbocycles. The Labute approximate surface area is 98.0 Å². The van der Waals surface area contributed by atoms with E-state index in [1.165, 1.54) is 0 Å². The first kappa shape index (κ1) is 10.8. The average molecular weight is 235 g/mol. The summed E-state index contributed by atoms with van der Waals surface area (Å²) >= 11 is 1.59. The van der Waals surface area contributed by atoms with Crippen molar-refractivity contribution in [3.05, 3.63) is 28.5 Å². The van der Waals surface area contributed by atoms with Crippen molar-refractivity contribution in [3.63, 3.8) is 0 Å². The van der Waals surface area contributed by atoms with Gasteiger partial charge in [-0.25, -0.2) is 15.0 Å². The van der Waals surface area contributed by atoms with Crippen LogP contribution in [-0.4, -0.2) is 22.0 Å². The lowest BCUT2D eigenvalue weighted by molar-refractivity contribution is 1.03. The maximum absolute atomic E-state index is 4.20. The second-order valence-corrected chi connectivity index (χ2v) is 4.00. The molecule has 0 aliphatic carbocycles. The predicted octanol–water partition coefficient (Wildman–Crippen LogP) is 1.90. The molecular formula is C10H13N5S. The van der Waals surface area contributed by atoms with Crippen molar-refractivity contribution >= 4 is 23.0 Å². The van der Waals surface area contributed by atoms with E-state index in [0.717, 1.165) is 22.9 Å². The van der Waals surface area contributed by atoms with Gasteiger partial charge in [-0.15, -0.1) is 11.3 Å². The van der Waals surface area contributed by atoms with E-state index >= 15 is 0 Å². The van der Waals surface area contributed by atoms with Gasteiger partial charge in [0.15, 0.2) is 0 Å². The normalized spacial score (nSPS) is 10.1. The van der Waals surface area contributed by atoms with Gasteiger partial charge in [-0.1, -0.05) is 0 Å². The van der Waals surface area contributed by atoms with Gasteiger partial charge in [-0.3, -0.25) is 0 Å². The summed E-state index contributed by atoms with van der Waals surface area (Å²) in [4.78, 5) is 12.5. The van der Waals surface area contributed by atoms with Crippen LogP contribution in [0.5, 0.6) is 0 Å². The number of nitrogens with one attached hydrogen (secondary N) is 2. The van der Waals surface area contributed by atoms with Gasteiger partial charge in [0.1, 0.15) is 18.0 Å². The molecule has 0 radical (unpaired) electrons. The van der Waals surface area contributed by atoms with Crippen molar-refractivity contribution < 1.29 is 0 Å². The molecule has 0 unspecified atom stereocenters. The minimum absolute atomic E-state index is 0.685. The van der Waals surface area contributed by atoms with Crippen LogP contribution < -0.4 is 10.6 Å². The van der Waals surface area contributed by atoms with Crippen LogP contribution in [0.2, 0.25) is 0 Å². The highest BCUT2D eigenvalue weighted by Gasteiger charge is 2.05. The van der Waals surface area contributed by atoms with Gasteiger partial charge in [0.25, 0.3) is 0 Å². The van der Waals surface area contributed by atoms with Crippen molar-refractivity contribution in [1.82, 2.24) is 15.0 Å². The smallest absolute Gasteiger partial charge is 0.134 e. The van der Waals surface area contributed by atoms with Crippen molar-refractivity contribution in [3.8, 4) is 0 Å². The molecule has 0 aliphatic rings. The highest BCUT2D eigenvalue weighted by atomic mass is 32.1. The van der Waals surface area contributed by atoms with Crippen LogP contribution in [0.1, 0.15) is 11.3 Å². The first-order chi connectivity index (χ1) is 7.81. The lowest BCUT2D eigenvalue weighted by Gasteiger charge is -2.09. The Morgan fingerprint density at radius 3 is 2.75 bits per heavy atom. The van der Waals surface area contributed by atoms with Crippen molar-refractivity contribution in [2.24, 2.45) is 0 Å². The summed E-state index contributed by atoms with van der Waals surface area (Å²) in [5.74, 6) is 1.68. The first-order valence-corrected chi connectivity index (χ1v) is 5.86. The molecule has 0 aliphatic heterocycles. The van der Waals surface area contributed by atoms with Crippen LogP contribution in [0.4, 0.5) is 11.6 Å². The van der Waals surface area contributed by atoms with Crippen LogP contribution in [0.15, 0.2) is 17.2 Å². The molecule has 0 aromatic carbocycles. The number of rotatable bonds is 4. The molecule has 0 fully saturated rings. The fourth-order valence-electron chi connectivity index (χ4n) is 1.38. The quantitative estimate of drug-likeness (QED) is 0.847. The molecule has 6 heteroatoms. The van der Waals surface area contributed by atoms with Crippen molar-refractivity contribution in [2.75, 3.05) is 17.7 Å². The van der Waals surface area contributed by atoms with Gasteiger partial charge in [-0.2, -0.15) is 0 Å². The third kappa shape index (κ3) is 2.27. The van der Waals surface area contributed by atoms with E-state index in [0.29, 0.717) is 6.54 Å².